The van der Waals surface area contributed by atoms with Gasteiger partial charge in [-0.15, -0.1) is 37.1 Å². The zero-order valence-corrected chi connectivity index (χ0v) is 18.8. The first-order chi connectivity index (χ1) is 13.3. The molecule has 1 aliphatic heterocycles. The lowest BCUT2D eigenvalue weighted by atomic mass is 9.97. The van der Waals surface area contributed by atoms with Crippen molar-refractivity contribution in [2.24, 2.45) is 10.9 Å². The summed E-state index contributed by atoms with van der Waals surface area (Å²) < 4.78 is 45.5. The van der Waals surface area contributed by atoms with Crippen molar-refractivity contribution in [3.05, 3.63) is 29.8 Å². The molecule has 6 nitrogen and oxygen atoms in total. The van der Waals surface area contributed by atoms with E-state index in [0.29, 0.717) is 32.7 Å². The fraction of sp³-hybridized carbons (Fsp3) is 0.579. The number of alkyl halides is 3. The lowest BCUT2D eigenvalue weighted by Crippen LogP contribution is -2.47. The number of aliphatic imine (C=N–C) groups is 1. The molecule has 1 aromatic rings. The van der Waals surface area contributed by atoms with Gasteiger partial charge in [-0.3, -0.25) is 9.79 Å². The van der Waals surface area contributed by atoms with Gasteiger partial charge >= 0.3 is 12.3 Å². The fourth-order valence-corrected chi connectivity index (χ4v) is 3.10. The highest BCUT2D eigenvalue weighted by Crippen LogP contribution is 2.23. The predicted octanol–water partition coefficient (Wildman–Crippen LogP) is 3.60. The smallest absolute Gasteiger partial charge is 0.466 e. The van der Waals surface area contributed by atoms with Crippen molar-refractivity contribution in [1.82, 2.24) is 10.2 Å². The first kappa shape index (κ1) is 25.3. The second-order valence-corrected chi connectivity index (χ2v) is 6.43. The van der Waals surface area contributed by atoms with E-state index in [1.54, 1.807) is 26.1 Å². The van der Waals surface area contributed by atoms with Crippen molar-refractivity contribution in [1.29, 1.82) is 0 Å². The molecule has 0 aliphatic carbocycles. The molecule has 0 unspecified atom stereocenters. The zero-order chi connectivity index (χ0) is 20.6. The number of nitrogens with zero attached hydrogens (tertiary/aromatic N) is 2. The van der Waals surface area contributed by atoms with Gasteiger partial charge in [-0.2, -0.15) is 0 Å². The molecule has 1 aliphatic rings. The molecule has 0 atom stereocenters. The Morgan fingerprint density at radius 2 is 1.86 bits per heavy atom. The van der Waals surface area contributed by atoms with Crippen LogP contribution in [0.4, 0.5) is 13.2 Å². The minimum atomic E-state index is -4.68. The summed E-state index contributed by atoms with van der Waals surface area (Å²) in [6.07, 6.45) is -2.61. The molecule has 0 amide bonds. The average Bonchev–Trinajstić information content (AvgIpc) is 2.66. The Hall–Kier alpha value is -1.72. The van der Waals surface area contributed by atoms with Crippen LogP contribution in [0, 0.1) is 5.92 Å². The molecule has 2 rings (SSSR count). The van der Waals surface area contributed by atoms with E-state index in [4.69, 9.17) is 4.74 Å². The minimum absolute atomic E-state index is 0. The summed E-state index contributed by atoms with van der Waals surface area (Å²) in [4.78, 5) is 18.2. The van der Waals surface area contributed by atoms with Gasteiger partial charge in [-0.05, 0) is 43.9 Å². The van der Waals surface area contributed by atoms with Gasteiger partial charge in [0, 0.05) is 26.7 Å². The van der Waals surface area contributed by atoms with Crippen molar-refractivity contribution >= 4 is 35.9 Å². The lowest BCUT2D eigenvalue weighted by molar-refractivity contribution is -0.274. The zero-order valence-electron chi connectivity index (χ0n) is 16.5. The maximum Gasteiger partial charge on any atom is 0.573 e. The molecule has 10 heteroatoms. The molecule has 1 N–H and O–H groups in total. The van der Waals surface area contributed by atoms with E-state index in [1.807, 2.05) is 0 Å². The summed E-state index contributed by atoms with van der Waals surface area (Å²) >= 11 is 0. The number of carbonyl (C=O) groups is 1. The number of esters is 1. The number of carbonyl (C=O) groups excluding carboxylic acids is 1. The number of piperidine rings is 1. The van der Waals surface area contributed by atoms with Gasteiger partial charge in [-0.25, -0.2) is 0 Å². The second kappa shape index (κ2) is 12.1. The Morgan fingerprint density at radius 3 is 2.38 bits per heavy atom. The first-order valence-corrected chi connectivity index (χ1v) is 9.29. The Morgan fingerprint density at radius 1 is 1.24 bits per heavy atom. The van der Waals surface area contributed by atoms with Crippen LogP contribution in [-0.4, -0.2) is 56.5 Å². The van der Waals surface area contributed by atoms with Crippen LogP contribution in [0.2, 0.25) is 0 Å². The second-order valence-electron chi connectivity index (χ2n) is 6.43. The lowest BCUT2D eigenvalue weighted by Gasteiger charge is -2.33. The third-order valence-corrected chi connectivity index (χ3v) is 4.48. The average molecular weight is 529 g/mol. The van der Waals surface area contributed by atoms with Crippen molar-refractivity contribution in [3.63, 3.8) is 0 Å². The van der Waals surface area contributed by atoms with Crippen LogP contribution >= 0.6 is 24.0 Å². The molecule has 1 aromatic carbocycles. The molecule has 0 radical (unpaired) electrons. The summed E-state index contributed by atoms with van der Waals surface area (Å²) in [7, 11) is 1.70. The molecule has 0 spiro atoms. The van der Waals surface area contributed by atoms with Crippen molar-refractivity contribution in [3.8, 4) is 5.75 Å². The quantitative estimate of drug-likeness (QED) is 0.264. The van der Waals surface area contributed by atoms with Gasteiger partial charge in [0.1, 0.15) is 5.75 Å². The number of halogens is 4. The summed E-state index contributed by atoms with van der Waals surface area (Å²) in [5.41, 5.74) is 0.887. The number of ether oxygens (including phenoxy) is 2. The summed E-state index contributed by atoms with van der Waals surface area (Å²) in [5, 5.41) is 3.26. The molecule has 1 saturated heterocycles. The molecule has 1 fully saturated rings. The van der Waals surface area contributed by atoms with Crippen molar-refractivity contribution in [2.75, 3.05) is 33.3 Å². The highest BCUT2D eigenvalue weighted by molar-refractivity contribution is 14.0. The van der Waals surface area contributed by atoms with E-state index in [0.717, 1.165) is 24.4 Å². The Balaban J connectivity index is 0.00000420. The normalized spacial score (nSPS) is 15.5. The molecule has 1 heterocycles. The van der Waals surface area contributed by atoms with Gasteiger partial charge in [0.2, 0.25) is 0 Å². The van der Waals surface area contributed by atoms with Crippen LogP contribution in [0.25, 0.3) is 0 Å². The Bertz CT molecular complexity index is 661. The summed E-state index contributed by atoms with van der Waals surface area (Å²) in [6, 6.07) is 5.82. The standard InChI is InChI=1S/C19H26F3N3O3.HI/c1-3-27-17(26)15-9-12-25(13-10-15)18(23-2)24-11-8-14-4-6-16(7-5-14)28-19(20,21)22;/h4-7,15H,3,8-13H2,1-2H3,(H,23,24);1H. The Kier molecular flexibility index (Phi) is 10.5. The van der Waals surface area contributed by atoms with Crippen molar-refractivity contribution in [2.45, 2.75) is 32.5 Å². The maximum absolute atomic E-state index is 12.2. The molecular formula is C19H27F3IN3O3. The van der Waals surface area contributed by atoms with Crippen molar-refractivity contribution < 1.29 is 27.4 Å². The third kappa shape index (κ3) is 8.67. The van der Waals surface area contributed by atoms with Gasteiger partial charge in [0.25, 0.3) is 0 Å². The number of benzene rings is 1. The largest absolute Gasteiger partial charge is 0.573 e. The maximum atomic E-state index is 12.2. The van der Waals surface area contributed by atoms with E-state index in [9.17, 15) is 18.0 Å². The fourth-order valence-electron chi connectivity index (χ4n) is 3.10. The van der Waals surface area contributed by atoms with Crippen LogP contribution in [0.3, 0.4) is 0 Å². The first-order valence-electron chi connectivity index (χ1n) is 9.29. The van der Waals surface area contributed by atoms with Crippen LogP contribution in [-0.2, 0) is 16.0 Å². The number of nitrogens with one attached hydrogen (secondary N) is 1. The summed E-state index contributed by atoms with van der Waals surface area (Å²) in [6.45, 7) is 4.21. The minimum Gasteiger partial charge on any atom is -0.466 e. The number of guanidine groups is 1. The van der Waals surface area contributed by atoms with E-state index in [1.165, 1.54) is 12.1 Å². The number of rotatable bonds is 6. The van der Waals surface area contributed by atoms with Crippen LogP contribution in [0.15, 0.2) is 29.3 Å². The van der Waals surface area contributed by atoms with E-state index in [-0.39, 0.29) is 41.6 Å². The monoisotopic (exact) mass is 529 g/mol. The predicted molar refractivity (Wildman–Crippen MR) is 115 cm³/mol. The molecule has 0 aromatic heterocycles. The number of likely N-dealkylation sites (tertiary alicyclic amines) is 1. The Labute approximate surface area is 185 Å². The highest BCUT2D eigenvalue weighted by atomic mass is 127. The van der Waals surface area contributed by atoms with Crippen LogP contribution in [0.1, 0.15) is 25.3 Å². The van der Waals surface area contributed by atoms with Gasteiger partial charge in [0.05, 0.1) is 12.5 Å². The summed E-state index contributed by atoms with van der Waals surface area (Å²) in [5.74, 6) is 0.318. The number of hydrogen-bond acceptors (Lipinski definition) is 4. The topological polar surface area (TPSA) is 63.2 Å². The van der Waals surface area contributed by atoms with Gasteiger partial charge in [0.15, 0.2) is 5.96 Å². The SMILES string of the molecule is CCOC(=O)C1CCN(C(=NC)NCCc2ccc(OC(F)(F)F)cc2)CC1.I. The highest BCUT2D eigenvalue weighted by Gasteiger charge is 2.31. The molecular weight excluding hydrogens is 502 g/mol. The third-order valence-electron chi connectivity index (χ3n) is 4.48. The molecule has 0 bridgehead atoms. The van der Waals surface area contributed by atoms with Gasteiger partial charge < -0.3 is 19.7 Å². The molecule has 29 heavy (non-hydrogen) atoms. The molecule has 164 valence electrons. The van der Waals surface area contributed by atoms with Crippen LogP contribution < -0.4 is 10.1 Å². The van der Waals surface area contributed by atoms with Gasteiger partial charge in [-0.1, -0.05) is 12.1 Å². The van der Waals surface area contributed by atoms with Crippen LogP contribution in [0.5, 0.6) is 5.75 Å². The van der Waals surface area contributed by atoms with E-state index in [2.05, 4.69) is 19.9 Å². The molecule has 0 saturated carbocycles. The number of hydrogen-bond donors (Lipinski definition) is 1. The van der Waals surface area contributed by atoms with E-state index >= 15 is 0 Å². The van der Waals surface area contributed by atoms with E-state index < -0.39 is 6.36 Å².